The third-order valence-electron chi connectivity index (χ3n) is 5.86. The number of rotatable bonds is 6. The van der Waals surface area contributed by atoms with Crippen LogP contribution in [0.1, 0.15) is 63.2 Å². The van der Waals surface area contributed by atoms with Crippen molar-refractivity contribution in [2.24, 2.45) is 11.7 Å². The minimum Gasteiger partial charge on any atom is -0.444 e. The van der Waals surface area contributed by atoms with Crippen molar-refractivity contribution in [2.75, 3.05) is 25.0 Å². The second-order valence-electron chi connectivity index (χ2n) is 9.73. The van der Waals surface area contributed by atoms with Crippen LogP contribution in [0.15, 0.2) is 12.1 Å². The Morgan fingerprint density at radius 3 is 2.30 bits per heavy atom. The first-order chi connectivity index (χ1) is 15.4. The van der Waals surface area contributed by atoms with E-state index in [4.69, 9.17) is 10.5 Å². The van der Waals surface area contributed by atoms with E-state index in [1.54, 1.807) is 30.6 Å². The lowest BCUT2D eigenvalue weighted by Crippen LogP contribution is -2.51. The minimum atomic E-state index is -1.09. The number of carbonyl (C=O) groups excluding carboxylic acids is 3. The van der Waals surface area contributed by atoms with Gasteiger partial charge in [0.1, 0.15) is 17.2 Å². The predicted molar refractivity (Wildman–Crippen MR) is 119 cm³/mol. The molecule has 2 aliphatic rings. The van der Waals surface area contributed by atoms with Gasteiger partial charge in [-0.3, -0.25) is 4.79 Å². The SMILES string of the molecule is CC(C)(C)OC(=O)N1CCC(N(CCC2CC2)C(=O)Nc2cc(C(N)=O)c(F)cc2F)CC1. The zero-order valence-corrected chi connectivity index (χ0v) is 19.3. The molecule has 0 spiro atoms. The number of ether oxygens (including phenoxy) is 1. The summed E-state index contributed by atoms with van der Waals surface area (Å²) >= 11 is 0. The van der Waals surface area contributed by atoms with Crippen molar-refractivity contribution in [3.8, 4) is 0 Å². The monoisotopic (exact) mass is 466 g/mol. The number of nitrogens with one attached hydrogen (secondary N) is 1. The summed E-state index contributed by atoms with van der Waals surface area (Å²) in [5.74, 6) is -2.56. The number of primary amides is 1. The van der Waals surface area contributed by atoms with Gasteiger partial charge >= 0.3 is 12.1 Å². The molecule has 1 aliphatic carbocycles. The van der Waals surface area contributed by atoms with Crippen molar-refractivity contribution in [3.05, 3.63) is 29.3 Å². The van der Waals surface area contributed by atoms with E-state index in [-0.39, 0.29) is 17.8 Å². The van der Waals surface area contributed by atoms with E-state index in [2.05, 4.69) is 5.32 Å². The average Bonchev–Trinajstić information content (AvgIpc) is 3.53. The highest BCUT2D eigenvalue weighted by Gasteiger charge is 2.33. The van der Waals surface area contributed by atoms with Crippen LogP contribution in [0.5, 0.6) is 0 Å². The van der Waals surface area contributed by atoms with Crippen molar-refractivity contribution < 1.29 is 27.9 Å². The molecule has 8 nitrogen and oxygen atoms in total. The number of anilines is 1. The highest BCUT2D eigenvalue weighted by Crippen LogP contribution is 2.33. The quantitative estimate of drug-likeness (QED) is 0.659. The van der Waals surface area contributed by atoms with Crippen LogP contribution < -0.4 is 11.1 Å². The van der Waals surface area contributed by atoms with Crippen LogP contribution in [0, 0.1) is 17.6 Å². The molecular formula is C23H32F2N4O4. The van der Waals surface area contributed by atoms with E-state index >= 15 is 0 Å². The zero-order chi connectivity index (χ0) is 24.3. The molecule has 3 rings (SSSR count). The third kappa shape index (κ3) is 6.79. The molecule has 1 heterocycles. The molecule has 0 atom stereocenters. The van der Waals surface area contributed by atoms with Gasteiger partial charge in [0, 0.05) is 31.7 Å². The number of urea groups is 1. The second kappa shape index (κ2) is 9.93. The fraction of sp³-hybridized carbons (Fsp3) is 0.609. The number of benzene rings is 1. The highest BCUT2D eigenvalue weighted by molar-refractivity contribution is 5.96. The van der Waals surface area contributed by atoms with E-state index in [0.717, 1.165) is 25.3 Å². The van der Waals surface area contributed by atoms with Crippen LogP contribution in [0.25, 0.3) is 0 Å². The van der Waals surface area contributed by atoms with Crippen LogP contribution in [0.4, 0.5) is 24.1 Å². The summed E-state index contributed by atoms with van der Waals surface area (Å²) < 4.78 is 33.5. The van der Waals surface area contributed by atoms with Crippen LogP contribution >= 0.6 is 0 Å². The first kappa shape index (κ1) is 24.7. The molecule has 2 fully saturated rings. The topological polar surface area (TPSA) is 105 Å². The third-order valence-corrected chi connectivity index (χ3v) is 5.86. The first-order valence-electron chi connectivity index (χ1n) is 11.3. The molecule has 10 heteroatoms. The second-order valence-corrected chi connectivity index (χ2v) is 9.73. The number of amides is 4. The Bertz CT molecular complexity index is 906. The molecule has 182 valence electrons. The maximum atomic E-state index is 14.3. The largest absolute Gasteiger partial charge is 0.444 e. The summed E-state index contributed by atoms with van der Waals surface area (Å²) in [6, 6.07) is 0.757. The molecular weight excluding hydrogens is 434 g/mol. The Labute approximate surface area is 192 Å². The van der Waals surface area contributed by atoms with Crippen molar-refractivity contribution in [1.29, 1.82) is 0 Å². The molecule has 0 aromatic heterocycles. The molecule has 1 aromatic carbocycles. The number of piperidine rings is 1. The summed E-state index contributed by atoms with van der Waals surface area (Å²) in [6.07, 6.45) is 3.80. The Balaban J connectivity index is 1.69. The number of halogens is 2. The van der Waals surface area contributed by atoms with E-state index in [1.807, 2.05) is 0 Å². The maximum Gasteiger partial charge on any atom is 0.410 e. The van der Waals surface area contributed by atoms with Crippen molar-refractivity contribution in [3.63, 3.8) is 0 Å². The average molecular weight is 467 g/mol. The van der Waals surface area contributed by atoms with Gasteiger partial charge in [0.2, 0.25) is 0 Å². The van der Waals surface area contributed by atoms with Gasteiger partial charge in [-0.1, -0.05) is 12.8 Å². The molecule has 0 unspecified atom stereocenters. The Morgan fingerprint density at radius 1 is 1.12 bits per heavy atom. The van der Waals surface area contributed by atoms with E-state index in [9.17, 15) is 23.2 Å². The molecule has 3 N–H and O–H groups in total. The lowest BCUT2D eigenvalue weighted by Gasteiger charge is -2.39. The first-order valence-corrected chi connectivity index (χ1v) is 11.3. The van der Waals surface area contributed by atoms with Gasteiger partial charge in [-0.2, -0.15) is 0 Å². The van der Waals surface area contributed by atoms with Gasteiger partial charge in [-0.15, -0.1) is 0 Å². The van der Waals surface area contributed by atoms with Crippen LogP contribution in [0.2, 0.25) is 0 Å². The van der Waals surface area contributed by atoms with E-state index < -0.39 is 34.7 Å². The molecule has 33 heavy (non-hydrogen) atoms. The van der Waals surface area contributed by atoms with Crippen molar-refractivity contribution in [1.82, 2.24) is 9.80 Å². The Kier molecular flexibility index (Phi) is 7.44. The highest BCUT2D eigenvalue weighted by atomic mass is 19.1. The molecule has 0 radical (unpaired) electrons. The number of likely N-dealkylation sites (tertiary alicyclic amines) is 1. The minimum absolute atomic E-state index is 0.151. The number of hydrogen-bond donors (Lipinski definition) is 2. The molecule has 0 bridgehead atoms. The van der Waals surface area contributed by atoms with Gasteiger partial charge in [-0.25, -0.2) is 18.4 Å². The molecule has 1 saturated carbocycles. The van der Waals surface area contributed by atoms with Crippen molar-refractivity contribution in [2.45, 2.75) is 64.5 Å². The van der Waals surface area contributed by atoms with Gasteiger partial charge in [-0.05, 0) is 52.0 Å². The van der Waals surface area contributed by atoms with Gasteiger partial charge < -0.3 is 25.6 Å². The van der Waals surface area contributed by atoms with Crippen LogP contribution in [0.3, 0.4) is 0 Å². The van der Waals surface area contributed by atoms with Crippen molar-refractivity contribution >= 4 is 23.7 Å². The fourth-order valence-electron chi connectivity index (χ4n) is 3.89. The fourth-order valence-corrected chi connectivity index (χ4v) is 3.89. The summed E-state index contributed by atoms with van der Waals surface area (Å²) in [4.78, 5) is 40.1. The van der Waals surface area contributed by atoms with Crippen LogP contribution in [-0.4, -0.2) is 59.1 Å². The van der Waals surface area contributed by atoms with Crippen LogP contribution in [-0.2, 0) is 4.74 Å². The maximum absolute atomic E-state index is 14.3. The van der Waals surface area contributed by atoms with E-state index in [0.29, 0.717) is 44.5 Å². The Morgan fingerprint density at radius 2 is 1.76 bits per heavy atom. The van der Waals surface area contributed by atoms with Gasteiger partial charge in [0.05, 0.1) is 11.3 Å². The standard InChI is InChI=1S/C23H32F2N4O4/c1-23(2,3)33-22(32)28-9-7-15(8-10-28)29(11-6-14-4-5-14)21(31)27-19-12-16(20(26)30)17(24)13-18(19)25/h12-15H,4-11H2,1-3H3,(H2,26,30)(H,27,31). The number of nitrogens with zero attached hydrogens (tertiary/aromatic N) is 2. The smallest absolute Gasteiger partial charge is 0.410 e. The predicted octanol–water partition coefficient (Wildman–Crippen LogP) is 4.10. The summed E-state index contributed by atoms with van der Waals surface area (Å²) in [5.41, 5.74) is 3.74. The number of nitrogens with two attached hydrogens (primary N) is 1. The van der Waals surface area contributed by atoms with E-state index in [1.165, 1.54) is 0 Å². The summed E-state index contributed by atoms with van der Waals surface area (Å²) in [6.45, 7) is 6.77. The Hall–Kier alpha value is -2.91. The lowest BCUT2D eigenvalue weighted by atomic mass is 10.0. The molecule has 1 aliphatic heterocycles. The molecule has 4 amide bonds. The zero-order valence-electron chi connectivity index (χ0n) is 19.3. The molecule has 1 aromatic rings. The number of carbonyl (C=O) groups is 3. The summed E-state index contributed by atoms with van der Waals surface area (Å²) in [5, 5.41) is 2.47. The van der Waals surface area contributed by atoms with Gasteiger partial charge in [0.15, 0.2) is 0 Å². The summed E-state index contributed by atoms with van der Waals surface area (Å²) in [7, 11) is 0. The normalized spacial score (nSPS) is 16.9. The van der Waals surface area contributed by atoms with Gasteiger partial charge in [0.25, 0.3) is 5.91 Å². The molecule has 1 saturated heterocycles. The number of hydrogen-bond acceptors (Lipinski definition) is 4. The lowest BCUT2D eigenvalue weighted by molar-refractivity contribution is 0.0166.